The number of fused-ring (bicyclic) bond motifs is 1. The lowest BCUT2D eigenvalue weighted by Crippen LogP contribution is -2.15. The van der Waals surface area contributed by atoms with Gasteiger partial charge in [0.1, 0.15) is 17.6 Å². The number of rotatable bonds is 4. The summed E-state index contributed by atoms with van der Waals surface area (Å²) in [5, 5.41) is 0. The Kier molecular flexibility index (Phi) is 4.09. The van der Waals surface area contributed by atoms with E-state index in [1.165, 1.54) is 5.56 Å². The molecule has 0 aromatic heterocycles. The average Bonchev–Trinajstić information content (AvgIpc) is 2.60. The SMILES string of the molecule is COc1ccc2c(c1)O[C@H](c1ccc(OC)c(OC)c1)CC2. The number of benzene rings is 2. The summed E-state index contributed by atoms with van der Waals surface area (Å²) in [4.78, 5) is 0. The van der Waals surface area contributed by atoms with Crippen LogP contribution in [0.15, 0.2) is 36.4 Å². The largest absolute Gasteiger partial charge is 0.497 e. The van der Waals surface area contributed by atoms with Crippen LogP contribution in [0.4, 0.5) is 0 Å². The van der Waals surface area contributed by atoms with Gasteiger partial charge < -0.3 is 18.9 Å². The molecule has 2 aromatic carbocycles. The molecule has 1 aliphatic heterocycles. The van der Waals surface area contributed by atoms with Gasteiger partial charge in [-0.1, -0.05) is 12.1 Å². The second-order valence-electron chi connectivity index (χ2n) is 5.23. The smallest absolute Gasteiger partial charge is 0.161 e. The van der Waals surface area contributed by atoms with Gasteiger partial charge in [0.05, 0.1) is 21.3 Å². The Balaban J connectivity index is 1.87. The molecule has 1 aliphatic rings. The average molecular weight is 300 g/mol. The molecule has 116 valence electrons. The molecule has 22 heavy (non-hydrogen) atoms. The van der Waals surface area contributed by atoms with Crippen LogP contribution in [0.1, 0.15) is 23.7 Å². The Hall–Kier alpha value is -2.36. The van der Waals surface area contributed by atoms with Crippen molar-refractivity contribution in [3.63, 3.8) is 0 Å². The summed E-state index contributed by atoms with van der Waals surface area (Å²) < 4.78 is 22.1. The van der Waals surface area contributed by atoms with E-state index >= 15 is 0 Å². The molecule has 1 heterocycles. The Morgan fingerprint density at radius 2 is 1.73 bits per heavy atom. The molecule has 0 spiro atoms. The molecule has 2 aromatic rings. The van der Waals surface area contributed by atoms with Crippen LogP contribution in [0.5, 0.6) is 23.0 Å². The topological polar surface area (TPSA) is 36.9 Å². The van der Waals surface area contributed by atoms with Gasteiger partial charge >= 0.3 is 0 Å². The van der Waals surface area contributed by atoms with Crippen molar-refractivity contribution < 1.29 is 18.9 Å². The summed E-state index contributed by atoms with van der Waals surface area (Å²) in [6, 6.07) is 11.9. The number of ether oxygens (including phenoxy) is 4. The van der Waals surface area contributed by atoms with Crippen molar-refractivity contribution in [1.29, 1.82) is 0 Å². The fourth-order valence-electron chi connectivity index (χ4n) is 2.76. The van der Waals surface area contributed by atoms with Gasteiger partial charge in [-0.3, -0.25) is 0 Å². The highest BCUT2D eigenvalue weighted by atomic mass is 16.5. The first-order valence-corrected chi connectivity index (χ1v) is 7.30. The summed E-state index contributed by atoms with van der Waals surface area (Å²) in [7, 11) is 4.94. The highest BCUT2D eigenvalue weighted by molar-refractivity contribution is 5.46. The Morgan fingerprint density at radius 3 is 2.45 bits per heavy atom. The summed E-state index contributed by atoms with van der Waals surface area (Å²) in [6.45, 7) is 0. The van der Waals surface area contributed by atoms with Crippen molar-refractivity contribution >= 4 is 0 Å². The van der Waals surface area contributed by atoms with E-state index in [-0.39, 0.29) is 6.10 Å². The van der Waals surface area contributed by atoms with E-state index in [1.807, 2.05) is 30.3 Å². The van der Waals surface area contributed by atoms with Crippen molar-refractivity contribution in [3.8, 4) is 23.0 Å². The maximum absolute atomic E-state index is 6.16. The minimum atomic E-state index is 0.0133. The van der Waals surface area contributed by atoms with Gasteiger partial charge in [-0.2, -0.15) is 0 Å². The second-order valence-corrected chi connectivity index (χ2v) is 5.23. The highest BCUT2D eigenvalue weighted by Crippen LogP contribution is 2.39. The predicted molar refractivity (Wildman–Crippen MR) is 84.2 cm³/mol. The van der Waals surface area contributed by atoms with Crippen LogP contribution in [0.2, 0.25) is 0 Å². The molecular weight excluding hydrogens is 280 g/mol. The van der Waals surface area contributed by atoms with Crippen LogP contribution in [0.3, 0.4) is 0 Å². The van der Waals surface area contributed by atoms with Gasteiger partial charge in [0, 0.05) is 6.07 Å². The standard InChI is InChI=1S/C18H20O4/c1-19-14-7-4-12-5-8-15(22-17(12)11-14)13-6-9-16(20-2)18(10-13)21-3/h4,6-7,9-11,15H,5,8H2,1-3H3/t15-/m0/s1. The first-order valence-electron chi connectivity index (χ1n) is 7.30. The maximum atomic E-state index is 6.16. The van der Waals surface area contributed by atoms with Crippen LogP contribution >= 0.6 is 0 Å². The molecule has 1 atom stereocenters. The predicted octanol–water partition coefficient (Wildman–Crippen LogP) is 3.78. The monoisotopic (exact) mass is 300 g/mol. The number of methoxy groups -OCH3 is 3. The zero-order valence-electron chi connectivity index (χ0n) is 13.1. The normalized spacial score (nSPS) is 16.4. The van der Waals surface area contributed by atoms with Gasteiger partial charge in [-0.15, -0.1) is 0 Å². The van der Waals surface area contributed by atoms with Crippen molar-refractivity contribution in [2.45, 2.75) is 18.9 Å². The second kappa shape index (κ2) is 6.18. The molecule has 0 N–H and O–H groups in total. The van der Waals surface area contributed by atoms with Crippen molar-refractivity contribution in [2.24, 2.45) is 0 Å². The molecule has 3 rings (SSSR count). The molecular formula is C18H20O4. The minimum absolute atomic E-state index is 0.0133. The Bertz CT molecular complexity index is 666. The van der Waals surface area contributed by atoms with Gasteiger partial charge in [0.15, 0.2) is 11.5 Å². The molecule has 0 saturated heterocycles. The fourth-order valence-corrected chi connectivity index (χ4v) is 2.76. The zero-order valence-corrected chi connectivity index (χ0v) is 13.1. The third kappa shape index (κ3) is 2.69. The summed E-state index contributed by atoms with van der Waals surface area (Å²) in [5.41, 5.74) is 2.31. The van der Waals surface area contributed by atoms with Crippen LogP contribution in [-0.4, -0.2) is 21.3 Å². The van der Waals surface area contributed by atoms with E-state index in [2.05, 4.69) is 6.07 Å². The number of hydrogen-bond acceptors (Lipinski definition) is 4. The van der Waals surface area contributed by atoms with Crippen LogP contribution < -0.4 is 18.9 Å². The molecule has 0 fully saturated rings. The van der Waals surface area contributed by atoms with E-state index in [4.69, 9.17) is 18.9 Å². The summed E-state index contributed by atoms with van der Waals surface area (Å²) in [6.07, 6.45) is 1.94. The van der Waals surface area contributed by atoms with E-state index in [0.29, 0.717) is 0 Å². The van der Waals surface area contributed by atoms with E-state index in [1.54, 1.807) is 21.3 Å². The van der Waals surface area contributed by atoms with Crippen LogP contribution in [0, 0.1) is 0 Å². The summed E-state index contributed by atoms with van der Waals surface area (Å²) >= 11 is 0. The lowest BCUT2D eigenvalue weighted by atomic mass is 9.97. The quantitative estimate of drug-likeness (QED) is 0.861. The first kappa shape index (κ1) is 14.6. The molecule has 0 amide bonds. The summed E-state index contributed by atoms with van der Waals surface area (Å²) in [5.74, 6) is 3.15. The van der Waals surface area contributed by atoms with E-state index in [0.717, 1.165) is 41.4 Å². The molecule has 0 unspecified atom stereocenters. The maximum Gasteiger partial charge on any atom is 0.161 e. The molecule has 0 bridgehead atoms. The van der Waals surface area contributed by atoms with Gasteiger partial charge in [-0.05, 0) is 42.2 Å². The molecule has 4 heteroatoms. The van der Waals surface area contributed by atoms with E-state index < -0.39 is 0 Å². The molecule has 0 saturated carbocycles. The molecule has 4 nitrogen and oxygen atoms in total. The number of aryl methyl sites for hydroxylation is 1. The first-order chi connectivity index (χ1) is 10.7. The van der Waals surface area contributed by atoms with E-state index in [9.17, 15) is 0 Å². The van der Waals surface area contributed by atoms with Gasteiger partial charge in [0.25, 0.3) is 0 Å². The molecule has 0 radical (unpaired) electrons. The fraction of sp³-hybridized carbons (Fsp3) is 0.333. The zero-order chi connectivity index (χ0) is 15.5. The van der Waals surface area contributed by atoms with Crippen molar-refractivity contribution in [3.05, 3.63) is 47.5 Å². The molecule has 0 aliphatic carbocycles. The van der Waals surface area contributed by atoms with Gasteiger partial charge in [0.2, 0.25) is 0 Å². The van der Waals surface area contributed by atoms with Gasteiger partial charge in [-0.25, -0.2) is 0 Å². The third-order valence-corrected chi connectivity index (χ3v) is 4.00. The lowest BCUT2D eigenvalue weighted by Gasteiger charge is -2.27. The van der Waals surface area contributed by atoms with Crippen LogP contribution in [0.25, 0.3) is 0 Å². The van der Waals surface area contributed by atoms with Crippen molar-refractivity contribution in [1.82, 2.24) is 0 Å². The lowest BCUT2D eigenvalue weighted by molar-refractivity contribution is 0.175. The van der Waals surface area contributed by atoms with Crippen LogP contribution in [-0.2, 0) is 6.42 Å². The number of hydrogen-bond donors (Lipinski definition) is 0. The highest BCUT2D eigenvalue weighted by Gasteiger charge is 2.22. The Morgan fingerprint density at radius 1 is 0.909 bits per heavy atom. The third-order valence-electron chi connectivity index (χ3n) is 4.00. The van der Waals surface area contributed by atoms with Crippen molar-refractivity contribution in [2.75, 3.05) is 21.3 Å². The Labute approximate surface area is 130 Å². The minimum Gasteiger partial charge on any atom is -0.497 e.